The van der Waals surface area contributed by atoms with E-state index in [2.05, 4.69) is 39.1 Å². The van der Waals surface area contributed by atoms with Gasteiger partial charge in [0.1, 0.15) is 0 Å². The Hall–Kier alpha value is -1.35. The number of hydrogen-bond acceptors (Lipinski definition) is 2. The van der Waals surface area contributed by atoms with Gasteiger partial charge >= 0.3 is 0 Å². The van der Waals surface area contributed by atoms with E-state index in [1.807, 2.05) is 25.1 Å². The van der Waals surface area contributed by atoms with Crippen LogP contribution >= 0.6 is 0 Å². The molecule has 1 saturated carbocycles. The molecule has 20 heavy (non-hydrogen) atoms. The van der Waals surface area contributed by atoms with E-state index >= 15 is 0 Å². The van der Waals surface area contributed by atoms with Crippen molar-refractivity contribution in [1.82, 2.24) is 5.32 Å². The van der Waals surface area contributed by atoms with Crippen molar-refractivity contribution < 1.29 is 4.79 Å². The highest BCUT2D eigenvalue weighted by Crippen LogP contribution is 2.52. The zero-order valence-electron chi connectivity index (χ0n) is 13.2. The SMILES string of the molecule is Cc1cccc(CC(=O)NC2C(C)(C)C(N)C2(C)C)c1. The fourth-order valence-electron chi connectivity index (χ4n) is 3.77. The topological polar surface area (TPSA) is 55.1 Å². The van der Waals surface area contributed by atoms with Crippen molar-refractivity contribution in [2.24, 2.45) is 16.6 Å². The normalized spacial score (nSPS) is 26.7. The molecule has 1 aromatic carbocycles. The van der Waals surface area contributed by atoms with E-state index in [9.17, 15) is 4.79 Å². The fourth-order valence-corrected chi connectivity index (χ4v) is 3.77. The first-order chi connectivity index (χ1) is 9.15. The molecule has 0 heterocycles. The highest BCUT2D eigenvalue weighted by Gasteiger charge is 2.60. The van der Waals surface area contributed by atoms with Gasteiger partial charge in [-0.05, 0) is 12.5 Å². The van der Waals surface area contributed by atoms with Crippen LogP contribution in [-0.4, -0.2) is 18.0 Å². The summed E-state index contributed by atoms with van der Waals surface area (Å²) in [5, 5.41) is 3.18. The number of benzene rings is 1. The van der Waals surface area contributed by atoms with Crippen LogP contribution < -0.4 is 11.1 Å². The van der Waals surface area contributed by atoms with Gasteiger partial charge in [-0.15, -0.1) is 0 Å². The second-order valence-electron chi connectivity index (χ2n) is 7.29. The third-order valence-electron chi connectivity index (χ3n) is 4.84. The van der Waals surface area contributed by atoms with E-state index in [0.29, 0.717) is 6.42 Å². The molecule has 1 fully saturated rings. The summed E-state index contributed by atoms with van der Waals surface area (Å²) in [5.74, 6) is 0.0775. The lowest BCUT2D eigenvalue weighted by Crippen LogP contribution is -2.76. The molecule has 0 bridgehead atoms. The molecule has 1 aliphatic rings. The van der Waals surface area contributed by atoms with Gasteiger partial charge in [-0.1, -0.05) is 57.5 Å². The molecular weight excluding hydrogens is 248 g/mol. The molecule has 0 saturated heterocycles. The summed E-state index contributed by atoms with van der Waals surface area (Å²) in [4.78, 5) is 12.3. The molecule has 0 spiro atoms. The molecule has 3 N–H and O–H groups in total. The molecule has 1 aromatic rings. The van der Waals surface area contributed by atoms with Gasteiger partial charge in [0.05, 0.1) is 6.42 Å². The Bertz CT molecular complexity index is 503. The Balaban J connectivity index is 2.02. The predicted octanol–water partition coefficient (Wildman–Crippen LogP) is 2.42. The third kappa shape index (κ3) is 2.47. The minimum Gasteiger partial charge on any atom is -0.352 e. The Kier molecular flexibility index (Phi) is 3.67. The molecule has 3 heteroatoms. The van der Waals surface area contributed by atoms with Crippen LogP contribution in [0.25, 0.3) is 0 Å². The summed E-state index contributed by atoms with van der Waals surface area (Å²) in [6.07, 6.45) is 0.430. The Morgan fingerprint density at radius 1 is 1.25 bits per heavy atom. The van der Waals surface area contributed by atoms with Gasteiger partial charge in [-0.2, -0.15) is 0 Å². The van der Waals surface area contributed by atoms with Gasteiger partial charge in [0.25, 0.3) is 0 Å². The summed E-state index contributed by atoms with van der Waals surface area (Å²) in [5.41, 5.74) is 8.36. The number of carbonyl (C=O) groups excluding carboxylic acids is 1. The van der Waals surface area contributed by atoms with Crippen LogP contribution in [0.4, 0.5) is 0 Å². The molecule has 0 aromatic heterocycles. The van der Waals surface area contributed by atoms with Gasteiger partial charge in [0.2, 0.25) is 5.91 Å². The van der Waals surface area contributed by atoms with Gasteiger partial charge in [0.15, 0.2) is 0 Å². The van der Waals surface area contributed by atoms with Crippen LogP contribution in [0.15, 0.2) is 24.3 Å². The van der Waals surface area contributed by atoms with E-state index in [4.69, 9.17) is 5.73 Å². The van der Waals surface area contributed by atoms with Crippen molar-refractivity contribution in [1.29, 1.82) is 0 Å². The van der Waals surface area contributed by atoms with E-state index in [-0.39, 0.29) is 28.8 Å². The Morgan fingerprint density at radius 3 is 2.40 bits per heavy atom. The molecule has 3 nitrogen and oxygen atoms in total. The number of rotatable bonds is 3. The first-order valence-corrected chi connectivity index (χ1v) is 7.26. The summed E-state index contributed by atoms with van der Waals surface area (Å²) in [6, 6.07) is 8.32. The minimum absolute atomic E-state index is 0.0498. The zero-order valence-corrected chi connectivity index (χ0v) is 13.2. The summed E-state index contributed by atoms with van der Waals surface area (Å²) in [6.45, 7) is 10.5. The van der Waals surface area contributed by atoms with Crippen molar-refractivity contribution in [2.45, 2.75) is 53.1 Å². The standard InChI is InChI=1S/C17H26N2O/c1-11-7-6-8-12(9-11)10-13(20)19-15-16(2,3)14(18)17(15,4)5/h6-9,14-15H,10,18H2,1-5H3,(H,19,20). The van der Waals surface area contributed by atoms with Crippen molar-refractivity contribution >= 4 is 5.91 Å². The molecule has 2 rings (SSSR count). The van der Waals surface area contributed by atoms with Crippen LogP contribution in [0.1, 0.15) is 38.8 Å². The highest BCUT2D eigenvalue weighted by molar-refractivity contribution is 5.79. The van der Waals surface area contributed by atoms with Crippen molar-refractivity contribution in [2.75, 3.05) is 0 Å². The van der Waals surface area contributed by atoms with Crippen LogP contribution in [-0.2, 0) is 11.2 Å². The molecule has 0 radical (unpaired) electrons. The van der Waals surface area contributed by atoms with Crippen LogP contribution in [0.3, 0.4) is 0 Å². The van der Waals surface area contributed by atoms with Crippen LogP contribution in [0.2, 0.25) is 0 Å². The minimum atomic E-state index is -0.0498. The lowest BCUT2D eigenvalue weighted by atomic mass is 9.48. The molecule has 0 aliphatic heterocycles. The number of aryl methyl sites for hydroxylation is 1. The average molecular weight is 274 g/mol. The number of carbonyl (C=O) groups is 1. The quantitative estimate of drug-likeness (QED) is 0.889. The van der Waals surface area contributed by atoms with E-state index in [0.717, 1.165) is 5.56 Å². The number of amides is 1. The fraction of sp³-hybridized carbons (Fsp3) is 0.588. The molecule has 1 aliphatic carbocycles. The third-order valence-corrected chi connectivity index (χ3v) is 4.84. The Morgan fingerprint density at radius 2 is 1.85 bits per heavy atom. The smallest absolute Gasteiger partial charge is 0.224 e. The first kappa shape index (κ1) is 15.0. The van der Waals surface area contributed by atoms with E-state index in [1.54, 1.807) is 0 Å². The average Bonchev–Trinajstić information content (AvgIpc) is 2.34. The first-order valence-electron chi connectivity index (χ1n) is 7.26. The van der Waals surface area contributed by atoms with Crippen molar-refractivity contribution in [3.63, 3.8) is 0 Å². The van der Waals surface area contributed by atoms with Gasteiger partial charge in [0, 0.05) is 22.9 Å². The second-order valence-corrected chi connectivity index (χ2v) is 7.29. The summed E-state index contributed by atoms with van der Waals surface area (Å²) in [7, 11) is 0. The lowest BCUT2D eigenvalue weighted by molar-refractivity contribution is -0.131. The monoisotopic (exact) mass is 274 g/mol. The second kappa shape index (κ2) is 4.88. The maximum atomic E-state index is 12.3. The highest BCUT2D eigenvalue weighted by atomic mass is 16.1. The van der Waals surface area contributed by atoms with Crippen LogP contribution in [0, 0.1) is 17.8 Å². The molecule has 0 atom stereocenters. The lowest BCUT2D eigenvalue weighted by Gasteiger charge is -2.62. The van der Waals surface area contributed by atoms with Gasteiger partial charge in [-0.3, -0.25) is 4.79 Å². The molecule has 0 unspecified atom stereocenters. The number of nitrogens with two attached hydrogens (primary N) is 1. The van der Waals surface area contributed by atoms with Crippen LogP contribution in [0.5, 0.6) is 0 Å². The molecule has 110 valence electrons. The van der Waals surface area contributed by atoms with Gasteiger partial charge in [-0.25, -0.2) is 0 Å². The maximum Gasteiger partial charge on any atom is 0.224 e. The summed E-state index contributed by atoms with van der Waals surface area (Å²) < 4.78 is 0. The summed E-state index contributed by atoms with van der Waals surface area (Å²) >= 11 is 0. The van der Waals surface area contributed by atoms with Crippen molar-refractivity contribution in [3.8, 4) is 0 Å². The van der Waals surface area contributed by atoms with Crippen molar-refractivity contribution in [3.05, 3.63) is 35.4 Å². The van der Waals surface area contributed by atoms with E-state index in [1.165, 1.54) is 5.56 Å². The maximum absolute atomic E-state index is 12.3. The van der Waals surface area contributed by atoms with Gasteiger partial charge < -0.3 is 11.1 Å². The predicted molar refractivity (Wildman–Crippen MR) is 82.4 cm³/mol. The molecule has 1 amide bonds. The largest absolute Gasteiger partial charge is 0.352 e. The number of hydrogen-bond donors (Lipinski definition) is 2. The number of nitrogens with one attached hydrogen (secondary N) is 1. The zero-order chi connectivity index (χ0) is 15.1. The Labute approximate surface area is 121 Å². The molecular formula is C17H26N2O. The van der Waals surface area contributed by atoms with E-state index < -0.39 is 0 Å².